The van der Waals surface area contributed by atoms with Crippen molar-refractivity contribution in [2.45, 2.75) is 25.0 Å². The third-order valence-electron chi connectivity index (χ3n) is 4.30. The standard InChI is InChI=1S/C20H22ClN5OS/c1-4-9-26-18(12-16-6-5-10-25(16)3)23-24-20(26)28-13-19(27)22-17-11-15(21)8-7-14(17)2/h4-8,10-11H,1,9,12-13H2,2-3H3,(H,22,27). The van der Waals surface area contributed by atoms with Gasteiger partial charge in [-0.1, -0.05) is 35.5 Å². The number of carbonyl (C=O) groups excluding carboxylic acids is 1. The van der Waals surface area contributed by atoms with Crippen molar-refractivity contribution < 1.29 is 4.79 Å². The smallest absolute Gasteiger partial charge is 0.234 e. The van der Waals surface area contributed by atoms with Gasteiger partial charge in [0.1, 0.15) is 5.82 Å². The van der Waals surface area contributed by atoms with E-state index < -0.39 is 0 Å². The Morgan fingerprint density at radius 3 is 2.89 bits per heavy atom. The van der Waals surface area contributed by atoms with Crippen LogP contribution in [-0.4, -0.2) is 31.0 Å². The molecular formula is C20H22ClN5OS. The van der Waals surface area contributed by atoms with Crippen LogP contribution >= 0.6 is 23.4 Å². The fourth-order valence-electron chi connectivity index (χ4n) is 2.76. The molecule has 0 atom stereocenters. The van der Waals surface area contributed by atoms with Gasteiger partial charge in [-0.25, -0.2) is 0 Å². The highest BCUT2D eigenvalue weighted by molar-refractivity contribution is 7.99. The predicted octanol–water partition coefficient (Wildman–Crippen LogP) is 4.09. The minimum atomic E-state index is -0.118. The van der Waals surface area contributed by atoms with Crippen LogP contribution in [-0.2, 0) is 24.8 Å². The van der Waals surface area contributed by atoms with Crippen molar-refractivity contribution in [1.29, 1.82) is 0 Å². The number of rotatable bonds is 8. The number of allylic oxidation sites excluding steroid dienone is 1. The van der Waals surface area contributed by atoms with E-state index in [4.69, 9.17) is 11.6 Å². The summed E-state index contributed by atoms with van der Waals surface area (Å²) in [5.41, 5.74) is 2.82. The highest BCUT2D eigenvalue weighted by Gasteiger charge is 2.15. The number of aromatic nitrogens is 4. The van der Waals surface area contributed by atoms with Crippen LogP contribution in [0.5, 0.6) is 0 Å². The van der Waals surface area contributed by atoms with Gasteiger partial charge in [-0.3, -0.25) is 4.79 Å². The predicted molar refractivity (Wildman–Crippen MR) is 114 cm³/mol. The van der Waals surface area contributed by atoms with E-state index in [1.165, 1.54) is 11.8 Å². The lowest BCUT2D eigenvalue weighted by Gasteiger charge is -2.10. The molecule has 0 saturated heterocycles. The molecule has 0 aliphatic rings. The van der Waals surface area contributed by atoms with E-state index in [0.717, 1.165) is 22.8 Å². The van der Waals surface area contributed by atoms with E-state index in [1.807, 2.05) is 36.9 Å². The molecule has 6 nitrogen and oxygen atoms in total. The average molecular weight is 416 g/mol. The second-order valence-electron chi connectivity index (χ2n) is 6.38. The molecule has 2 heterocycles. The number of anilines is 1. The lowest BCUT2D eigenvalue weighted by atomic mass is 10.2. The van der Waals surface area contributed by atoms with E-state index >= 15 is 0 Å². The molecule has 0 fully saturated rings. The van der Waals surface area contributed by atoms with Crippen LogP contribution in [0.25, 0.3) is 0 Å². The zero-order chi connectivity index (χ0) is 20.1. The largest absolute Gasteiger partial charge is 0.354 e. The first-order valence-electron chi connectivity index (χ1n) is 8.80. The van der Waals surface area contributed by atoms with Gasteiger partial charge in [0.25, 0.3) is 0 Å². The zero-order valence-electron chi connectivity index (χ0n) is 15.9. The molecule has 0 aliphatic carbocycles. The third kappa shape index (κ3) is 4.85. The van der Waals surface area contributed by atoms with Crippen LogP contribution in [0.1, 0.15) is 17.1 Å². The maximum absolute atomic E-state index is 12.4. The maximum atomic E-state index is 12.4. The highest BCUT2D eigenvalue weighted by atomic mass is 35.5. The number of nitrogens with one attached hydrogen (secondary N) is 1. The van der Waals surface area contributed by atoms with Gasteiger partial charge >= 0.3 is 0 Å². The Labute approximate surface area is 173 Å². The minimum Gasteiger partial charge on any atom is -0.354 e. The van der Waals surface area contributed by atoms with Crippen molar-refractivity contribution in [3.05, 3.63) is 71.3 Å². The molecule has 0 saturated carbocycles. The molecule has 1 aromatic carbocycles. The van der Waals surface area contributed by atoms with Crippen LogP contribution in [0.4, 0.5) is 5.69 Å². The number of halogens is 1. The Kier molecular flexibility index (Phi) is 6.59. The van der Waals surface area contributed by atoms with Crippen molar-refractivity contribution >= 4 is 35.0 Å². The number of thioether (sulfide) groups is 1. The Bertz CT molecular complexity index is 994. The summed E-state index contributed by atoms with van der Waals surface area (Å²) < 4.78 is 4.04. The molecular weight excluding hydrogens is 394 g/mol. The van der Waals surface area contributed by atoms with Crippen molar-refractivity contribution in [2.24, 2.45) is 7.05 Å². The van der Waals surface area contributed by atoms with Gasteiger partial charge in [0.2, 0.25) is 5.91 Å². The lowest BCUT2D eigenvalue weighted by molar-refractivity contribution is -0.113. The summed E-state index contributed by atoms with van der Waals surface area (Å²) in [4.78, 5) is 12.4. The molecule has 28 heavy (non-hydrogen) atoms. The molecule has 2 aromatic heterocycles. The van der Waals surface area contributed by atoms with Gasteiger partial charge in [-0.05, 0) is 36.8 Å². The van der Waals surface area contributed by atoms with E-state index in [0.29, 0.717) is 23.1 Å². The number of amides is 1. The molecule has 0 unspecified atom stereocenters. The van der Waals surface area contributed by atoms with Gasteiger partial charge in [0.05, 0.1) is 5.75 Å². The van der Waals surface area contributed by atoms with Crippen LogP contribution in [0.15, 0.2) is 54.3 Å². The maximum Gasteiger partial charge on any atom is 0.234 e. The summed E-state index contributed by atoms with van der Waals surface area (Å²) >= 11 is 7.36. The molecule has 0 spiro atoms. The molecule has 3 aromatic rings. The van der Waals surface area contributed by atoms with E-state index in [1.54, 1.807) is 18.2 Å². The Morgan fingerprint density at radius 1 is 1.36 bits per heavy atom. The minimum absolute atomic E-state index is 0.118. The topological polar surface area (TPSA) is 64.7 Å². The summed E-state index contributed by atoms with van der Waals surface area (Å²) in [6.07, 6.45) is 4.47. The van der Waals surface area contributed by atoms with Gasteiger partial charge in [-0.2, -0.15) is 0 Å². The lowest BCUT2D eigenvalue weighted by Crippen LogP contribution is -2.15. The first kappa shape index (κ1) is 20.2. The molecule has 8 heteroatoms. The Hall–Kier alpha value is -2.51. The van der Waals surface area contributed by atoms with Gasteiger partial charge in [0, 0.05) is 42.6 Å². The monoisotopic (exact) mass is 415 g/mol. The number of carbonyl (C=O) groups is 1. The molecule has 3 rings (SSSR count). The summed E-state index contributed by atoms with van der Waals surface area (Å²) in [7, 11) is 2.00. The molecule has 0 aliphatic heterocycles. The summed E-state index contributed by atoms with van der Waals surface area (Å²) in [6.45, 7) is 6.33. The highest BCUT2D eigenvalue weighted by Crippen LogP contribution is 2.22. The number of benzene rings is 1. The second kappa shape index (κ2) is 9.12. The van der Waals surface area contributed by atoms with Gasteiger partial charge < -0.3 is 14.5 Å². The van der Waals surface area contributed by atoms with E-state index in [2.05, 4.69) is 32.7 Å². The molecule has 1 N–H and O–H groups in total. The van der Waals surface area contributed by atoms with Gasteiger partial charge in [0.15, 0.2) is 5.16 Å². The Balaban J connectivity index is 1.68. The molecule has 0 bridgehead atoms. The quantitative estimate of drug-likeness (QED) is 0.444. The molecule has 146 valence electrons. The zero-order valence-corrected chi connectivity index (χ0v) is 17.4. The first-order valence-corrected chi connectivity index (χ1v) is 10.2. The van der Waals surface area contributed by atoms with Crippen LogP contribution in [0.2, 0.25) is 5.02 Å². The number of hydrogen-bond donors (Lipinski definition) is 1. The van der Waals surface area contributed by atoms with E-state index in [9.17, 15) is 4.79 Å². The van der Waals surface area contributed by atoms with Gasteiger partial charge in [-0.15, -0.1) is 16.8 Å². The summed E-state index contributed by atoms with van der Waals surface area (Å²) in [5, 5.41) is 12.8. The molecule has 1 amide bonds. The average Bonchev–Trinajstić information content (AvgIpc) is 3.24. The first-order chi connectivity index (χ1) is 13.5. The summed E-state index contributed by atoms with van der Waals surface area (Å²) in [5.74, 6) is 0.952. The summed E-state index contributed by atoms with van der Waals surface area (Å²) in [6, 6.07) is 9.48. The third-order valence-corrected chi connectivity index (χ3v) is 5.50. The van der Waals surface area contributed by atoms with Crippen molar-refractivity contribution in [1.82, 2.24) is 19.3 Å². The van der Waals surface area contributed by atoms with Crippen LogP contribution in [0.3, 0.4) is 0 Å². The van der Waals surface area contributed by atoms with Crippen molar-refractivity contribution in [2.75, 3.05) is 11.1 Å². The number of nitrogens with zero attached hydrogens (tertiary/aromatic N) is 4. The Morgan fingerprint density at radius 2 is 2.18 bits per heavy atom. The number of hydrogen-bond acceptors (Lipinski definition) is 4. The second-order valence-corrected chi connectivity index (χ2v) is 7.76. The fraction of sp³-hybridized carbons (Fsp3) is 0.250. The normalized spacial score (nSPS) is 10.8. The molecule has 0 radical (unpaired) electrons. The van der Waals surface area contributed by atoms with Crippen LogP contribution in [0, 0.1) is 6.92 Å². The SMILES string of the molecule is C=CCn1c(Cc2cccn2C)nnc1SCC(=O)Nc1cc(Cl)ccc1C. The number of aryl methyl sites for hydroxylation is 2. The van der Waals surface area contributed by atoms with Crippen molar-refractivity contribution in [3.8, 4) is 0 Å². The van der Waals surface area contributed by atoms with E-state index in [-0.39, 0.29) is 11.7 Å². The fourth-order valence-corrected chi connectivity index (χ4v) is 3.70. The van der Waals surface area contributed by atoms with Crippen molar-refractivity contribution in [3.63, 3.8) is 0 Å². The van der Waals surface area contributed by atoms with Crippen LogP contribution < -0.4 is 5.32 Å².